The van der Waals surface area contributed by atoms with Gasteiger partial charge in [0.05, 0.1) is 5.56 Å². The number of ether oxygens (including phenoxy) is 1. The number of aromatic nitrogens is 2. The van der Waals surface area contributed by atoms with Gasteiger partial charge in [-0.3, -0.25) is 0 Å². The molecule has 1 heterocycles. The molecule has 1 aromatic carbocycles. The van der Waals surface area contributed by atoms with Gasteiger partial charge in [-0.15, -0.1) is 0 Å². The normalized spacial score (nSPS) is 9.83. The van der Waals surface area contributed by atoms with Gasteiger partial charge in [0.2, 0.25) is 0 Å². The lowest BCUT2D eigenvalue weighted by molar-refractivity contribution is 0.0697. The molecule has 0 unspecified atom stereocenters. The van der Waals surface area contributed by atoms with Gasteiger partial charge in [-0.1, -0.05) is 0 Å². The van der Waals surface area contributed by atoms with E-state index in [-0.39, 0.29) is 5.56 Å². The van der Waals surface area contributed by atoms with E-state index in [1.165, 1.54) is 18.3 Å². The lowest BCUT2D eigenvalue weighted by Gasteiger charge is -2.08. The van der Waals surface area contributed by atoms with Crippen molar-refractivity contribution in [2.45, 2.75) is 0 Å². The third-order valence-electron chi connectivity index (χ3n) is 2.22. The highest BCUT2D eigenvalue weighted by Gasteiger charge is 2.07. The quantitative estimate of drug-likeness (QED) is 0.857. The zero-order chi connectivity index (χ0) is 13.0. The Balaban J connectivity index is 2.21. The average Bonchev–Trinajstić information content (AvgIpc) is 2.40. The molecule has 0 spiro atoms. The topological polar surface area (TPSA) is 84.3 Å². The van der Waals surface area contributed by atoms with Crippen molar-refractivity contribution in [2.24, 2.45) is 0 Å². The minimum atomic E-state index is -0.975. The summed E-state index contributed by atoms with van der Waals surface area (Å²) in [6, 6.07) is 6.06. The third kappa shape index (κ3) is 2.54. The van der Waals surface area contributed by atoms with E-state index in [1.807, 2.05) is 0 Å². The summed E-state index contributed by atoms with van der Waals surface area (Å²) < 4.78 is 5.51. The zero-order valence-corrected chi connectivity index (χ0v) is 9.62. The molecule has 0 saturated carbocycles. The minimum Gasteiger partial charge on any atom is -0.478 e. The molecule has 0 aliphatic heterocycles. The number of rotatable bonds is 4. The summed E-state index contributed by atoms with van der Waals surface area (Å²) in [6.07, 6.45) is 3.06. The smallest absolute Gasteiger partial charge is 0.335 e. The van der Waals surface area contributed by atoms with Crippen LogP contribution in [0.4, 0.5) is 5.82 Å². The molecule has 6 heteroatoms. The van der Waals surface area contributed by atoms with Crippen LogP contribution in [0.3, 0.4) is 0 Å². The van der Waals surface area contributed by atoms with E-state index in [0.717, 1.165) is 0 Å². The summed E-state index contributed by atoms with van der Waals surface area (Å²) >= 11 is 0. The second-order valence-corrected chi connectivity index (χ2v) is 3.39. The van der Waals surface area contributed by atoms with Crippen LogP contribution in [0.25, 0.3) is 0 Å². The Labute approximate surface area is 103 Å². The molecule has 1 aromatic heterocycles. The van der Waals surface area contributed by atoms with Gasteiger partial charge in [-0.25, -0.2) is 14.8 Å². The fraction of sp³-hybridized carbons (Fsp3) is 0.0833. The number of hydrogen-bond donors (Lipinski definition) is 2. The van der Waals surface area contributed by atoms with Gasteiger partial charge in [0, 0.05) is 19.4 Å². The van der Waals surface area contributed by atoms with E-state index in [9.17, 15) is 4.79 Å². The Bertz CT molecular complexity index is 555. The van der Waals surface area contributed by atoms with Gasteiger partial charge in [0.15, 0.2) is 5.82 Å². The van der Waals surface area contributed by atoms with Crippen LogP contribution < -0.4 is 10.1 Å². The summed E-state index contributed by atoms with van der Waals surface area (Å²) in [5, 5.41) is 11.6. The number of carboxylic acid groups (broad SMARTS) is 1. The number of carboxylic acids is 1. The van der Waals surface area contributed by atoms with Crippen molar-refractivity contribution in [3.8, 4) is 11.6 Å². The van der Waals surface area contributed by atoms with Gasteiger partial charge >= 0.3 is 5.97 Å². The van der Waals surface area contributed by atoms with Crippen molar-refractivity contribution in [3.05, 3.63) is 42.2 Å². The van der Waals surface area contributed by atoms with Crippen LogP contribution >= 0.6 is 0 Å². The molecule has 2 N–H and O–H groups in total. The molecule has 0 aliphatic carbocycles. The van der Waals surface area contributed by atoms with Crippen LogP contribution in [0.1, 0.15) is 10.4 Å². The molecule has 0 radical (unpaired) electrons. The van der Waals surface area contributed by atoms with Crippen molar-refractivity contribution < 1.29 is 14.6 Å². The van der Waals surface area contributed by atoms with Gasteiger partial charge in [-0.05, 0) is 24.3 Å². The third-order valence-corrected chi connectivity index (χ3v) is 2.22. The Morgan fingerprint density at radius 2 is 1.89 bits per heavy atom. The molecule has 92 valence electrons. The van der Waals surface area contributed by atoms with E-state index in [4.69, 9.17) is 9.84 Å². The predicted molar refractivity (Wildman–Crippen MR) is 65.1 cm³/mol. The molecule has 2 aromatic rings. The highest BCUT2D eigenvalue weighted by Crippen LogP contribution is 2.24. The predicted octanol–water partition coefficient (Wildman–Crippen LogP) is 2.01. The first-order valence-corrected chi connectivity index (χ1v) is 5.20. The first-order chi connectivity index (χ1) is 8.70. The number of aromatic carboxylic acids is 1. The second-order valence-electron chi connectivity index (χ2n) is 3.39. The number of benzene rings is 1. The Morgan fingerprint density at radius 1 is 1.22 bits per heavy atom. The maximum absolute atomic E-state index is 10.7. The maximum atomic E-state index is 10.7. The van der Waals surface area contributed by atoms with Crippen molar-refractivity contribution in [1.82, 2.24) is 9.97 Å². The number of carbonyl (C=O) groups is 1. The fourth-order valence-corrected chi connectivity index (χ4v) is 1.35. The Morgan fingerprint density at radius 3 is 2.50 bits per heavy atom. The van der Waals surface area contributed by atoms with Gasteiger partial charge < -0.3 is 15.2 Å². The van der Waals surface area contributed by atoms with Crippen LogP contribution in [-0.4, -0.2) is 28.1 Å². The van der Waals surface area contributed by atoms with E-state index < -0.39 is 5.97 Å². The lowest BCUT2D eigenvalue weighted by Crippen LogP contribution is -1.99. The van der Waals surface area contributed by atoms with Crippen LogP contribution in [0, 0.1) is 0 Å². The first kappa shape index (κ1) is 11.8. The lowest BCUT2D eigenvalue weighted by atomic mass is 10.2. The van der Waals surface area contributed by atoms with Crippen LogP contribution in [0.5, 0.6) is 11.6 Å². The van der Waals surface area contributed by atoms with E-state index >= 15 is 0 Å². The number of nitrogens with one attached hydrogen (secondary N) is 1. The molecule has 0 aliphatic rings. The Hall–Kier alpha value is -2.63. The molecule has 0 saturated heterocycles. The zero-order valence-electron chi connectivity index (χ0n) is 9.62. The summed E-state index contributed by atoms with van der Waals surface area (Å²) in [7, 11) is 1.71. The monoisotopic (exact) mass is 245 g/mol. The molecular formula is C12H11N3O3. The number of nitrogens with zero attached hydrogens (tertiary/aromatic N) is 2. The average molecular weight is 245 g/mol. The molecular weight excluding hydrogens is 234 g/mol. The number of hydrogen-bond acceptors (Lipinski definition) is 5. The summed E-state index contributed by atoms with van der Waals surface area (Å²) in [4.78, 5) is 18.8. The van der Waals surface area contributed by atoms with Gasteiger partial charge in [0.25, 0.3) is 5.88 Å². The molecule has 2 rings (SSSR count). The number of anilines is 1. The highest BCUT2D eigenvalue weighted by molar-refractivity contribution is 5.87. The van der Waals surface area contributed by atoms with Crippen LogP contribution in [-0.2, 0) is 0 Å². The standard InChI is InChI=1S/C12H11N3O3/c1-13-10-11(15-7-6-14-10)18-9-4-2-8(3-5-9)12(16)17/h2-7H,1H3,(H,13,14)(H,16,17). The molecule has 6 nitrogen and oxygen atoms in total. The van der Waals surface area contributed by atoms with Crippen molar-refractivity contribution in [2.75, 3.05) is 12.4 Å². The molecule has 0 fully saturated rings. The second kappa shape index (κ2) is 5.13. The maximum Gasteiger partial charge on any atom is 0.335 e. The molecule has 0 atom stereocenters. The van der Waals surface area contributed by atoms with E-state index in [0.29, 0.717) is 17.4 Å². The van der Waals surface area contributed by atoms with Crippen molar-refractivity contribution in [3.63, 3.8) is 0 Å². The molecule has 0 amide bonds. The summed E-state index contributed by atoms with van der Waals surface area (Å²) in [5.74, 6) is 0.372. The van der Waals surface area contributed by atoms with E-state index in [2.05, 4.69) is 15.3 Å². The largest absolute Gasteiger partial charge is 0.478 e. The van der Waals surface area contributed by atoms with Gasteiger partial charge in [-0.2, -0.15) is 0 Å². The van der Waals surface area contributed by atoms with Crippen molar-refractivity contribution in [1.29, 1.82) is 0 Å². The highest BCUT2D eigenvalue weighted by atomic mass is 16.5. The summed E-state index contributed by atoms with van der Waals surface area (Å²) in [5.41, 5.74) is 0.204. The molecule has 18 heavy (non-hydrogen) atoms. The minimum absolute atomic E-state index is 0.204. The fourth-order valence-electron chi connectivity index (χ4n) is 1.35. The van der Waals surface area contributed by atoms with Gasteiger partial charge in [0.1, 0.15) is 5.75 Å². The van der Waals surface area contributed by atoms with Crippen LogP contribution in [0.15, 0.2) is 36.7 Å². The SMILES string of the molecule is CNc1nccnc1Oc1ccc(C(=O)O)cc1. The van der Waals surface area contributed by atoms with E-state index in [1.54, 1.807) is 25.4 Å². The first-order valence-electron chi connectivity index (χ1n) is 5.20. The Kier molecular flexibility index (Phi) is 3.38. The van der Waals surface area contributed by atoms with Crippen molar-refractivity contribution >= 4 is 11.8 Å². The summed E-state index contributed by atoms with van der Waals surface area (Å²) in [6.45, 7) is 0. The molecule has 0 bridgehead atoms. The van der Waals surface area contributed by atoms with Crippen LogP contribution in [0.2, 0.25) is 0 Å².